The van der Waals surface area contributed by atoms with Crippen LogP contribution < -0.4 is 9.47 Å². The first-order chi connectivity index (χ1) is 15.7. The fraction of sp³-hybridized carbons (Fsp3) is 0.259. The Bertz CT molecular complexity index is 1230. The monoisotopic (exact) mass is 426 g/mol. The van der Waals surface area contributed by atoms with Gasteiger partial charge in [-0.15, -0.1) is 0 Å². The van der Waals surface area contributed by atoms with E-state index in [1.807, 2.05) is 61.7 Å². The Morgan fingerprint density at radius 2 is 1.88 bits per heavy atom. The third kappa shape index (κ3) is 4.16. The Balaban J connectivity index is 1.60. The van der Waals surface area contributed by atoms with Gasteiger partial charge in [0.15, 0.2) is 6.20 Å². The molecule has 0 radical (unpaired) electrons. The summed E-state index contributed by atoms with van der Waals surface area (Å²) in [6.45, 7) is 3.83. The van der Waals surface area contributed by atoms with Crippen LogP contribution in [-0.4, -0.2) is 18.2 Å². The van der Waals surface area contributed by atoms with Gasteiger partial charge in [0, 0.05) is 30.5 Å². The summed E-state index contributed by atoms with van der Waals surface area (Å²) in [5.74, 6) is 0.917. The maximum Gasteiger partial charge on any atom is 0.204 e. The average molecular weight is 427 g/mol. The molecule has 0 saturated carbocycles. The van der Waals surface area contributed by atoms with Crippen LogP contribution in [0.2, 0.25) is 0 Å². The highest BCUT2D eigenvalue weighted by Gasteiger charge is 2.29. The molecule has 2 aromatic heterocycles. The van der Waals surface area contributed by atoms with E-state index in [1.54, 1.807) is 6.20 Å². The lowest BCUT2D eigenvalue weighted by Gasteiger charge is -2.24. The predicted molar refractivity (Wildman–Crippen MR) is 124 cm³/mol. The lowest BCUT2D eigenvalue weighted by atomic mass is 9.87. The van der Waals surface area contributed by atoms with Gasteiger partial charge in [-0.05, 0) is 61.2 Å². The van der Waals surface area contributed by atoms with Crippen LogP contribution in [-0.2, 0) is 11.3 Å². The van der Waals surface area contributed by atoms with Crippen LogP contribution in [0.1, 0.15) is 35.7 Å². The maximum atomic E-state index is 13.3. The van der Waals surface area contributed by atoms with Crippen molar-refractivity contribution in [2.45, 2.75) is 32.3 Å². The zero-order chi connectivity index (χ0) is 21.9. The first-order valence-electron chi connectivity index (χ1n) is 11.1. The number of pyridine rings is 2. The molecule has 0 aliphatic carbocycles. The van der Waals surface area contributed by atoms with Gasteiger partial charge < -0.3 is 14.7 Å². The summed E-state index contributed by atoms with van der Waals surface area (Å²) in [6.07, 6.45) is 5.20. The van der Waals surface area contributed by atoms with Crippen molar-refractivity contribution < 1.29 is 14.2 Å². The summed E-state index contributed by atoms with van der Waals surface area (Å²) in [4.78, 5) is 4.35. The largest absolute Gasteiger partial charge is 0.618 e. The molecule has 1 fully saturated rings. The molecule has 0 spiro atoms. The summed E-state index contributed by atoms with van der Waals surface area (Å²) in [6, 6.07) is 20.1. The van der Waals surface area contributed by atoms with E-state index in [0.29, 0.717) is 19.8 Å². The second kappa shape index (κ2) is 8.97. The molecule has 0 N–H and O–H groups in total. The van der Waals surface area contributed by atoms with Gasteiger partial charge >= 0.3 is 0 Å². The van der Waals surface area contributed by atoms with Gasteiger partial charge in [-0.1, -0.05) is 30.3 Å². The molecule has 0 amide bonds. The number of ether oxygens (including phenoxy) is 2. The molecule has 1 aliphatic heterocycles. The fourth-order valence-electron chi connectivity index (χ4n) is 4.51. The lowest BCUT2D eigenvalue weighted by molar-refractivity contribution is -0.613. The van der Waals surface area contributed by atoms with E-state index in [9.17, 15) is 5.21 Å². The number of nitrogens with zero attached hydrogens (tertiary/aromatic N) is 2. The van der Waals surface area contributed by atoms with Crippen molar-refractivity contribution in [1.29, 1.82) is 0 Å². The highest BCUT2D eigenvalue weighted by molar-refractivity contribution is 5.97. The summed E-state index contributed by atoms with van der Waals surface area (Å²) >= 11 is 0. The van der Waals surface area contributed by atoms with Crippen LogP contribution in [0.4, 0.5) is 0 Å². The van der Waals surface area contributed by atoms with Crippen LogP contribution in [0, 0.1) is 12.1 Å². The summed E-state index contributed by atoms with van der Waals surface area (Å²) in [7, 11) is 0. The minimum absolute atomic E-state index is 0.170. The highest BCUT2D eigenvalue weighted by Crippen LogP contribution is 2.38. The molecule has 162 valence electrons. The maximum absolute atomic E-state index is 13.3. The van der Waals surface area contributed by atoms with Crippen molar-refractivity contribution in [3.63, 3.8) is 0 Å². The third-order valence-corrected chi connectivity index (χ3v) is 6.08. The Labute approximate surface area is 187 Å². The van der Waals surface area contributed by atoms with Gasteiger partial charge in [0.25, 0.3) is 0 Å². The number of aryl methyl sites for hydroxylation is 1. The first kappa shape index (κ1) is 20.5. The van der Waals surface area contributed by atoms with Crippen LogP contribution in [0.15, 0.2) is 73.1 Å². The van der Waals surface area contributed by atoms with Crippen molar-refractivity contribution >= 4 is 10.8 Å². The number of aromatic nitrogens is 2. The molecule has 0 atom stereocenters. The molecular weight excluding hydrogens is 400 g/mol. The smallest absolute Gasteiger partial charge is 0.204 e. The van der Waals surface area contributed by atoms with Crippen LogP contribution in [0.3, 0.4) is 0 Å². The zero-order valence-electron chi connectivity index (χ0n) is 18.2. The van der Waals surface area contributed by atoms with E-state index < -0.39 is 0 Å². The molecule has 4 aromatic rings. The van der Waals surface area contributed by atoms with Gasteiger partial charge in [0.05, 0.1) is 16.9 Å². The first-order valence-corrected chi connectivity index (χ1v) is 11.1. The van der Waals surface area contributed by atoms with E-state index in [1.165, 1.54) is 0 Å². The standard InChI is InChI=1S/C27H26N2O3/c1-19-15-22(9-12-28-19)26-25-8-7-24(32-18-20-5-3-2-4-6-20)16-23(25)17-29(30)27(26)21-10-13-31-14-11-21/h2-9,12,15-17,21H,10-11,13-14,18H2,1H3. The SMILES string of the molecule is Cc1cc(-c2c(C3CCOCC3)[n+]([O-])cc3cc(OCc4ccccc4)ccc23)ccn1. The Morgan fingerprint density at radius 3 is 2.66 bits per heavy atom. The zero-order valence-corrected chi connectivity index (χ0v) is 18.2. The van der Waals surface area contributed by atoms with Crippen molar-refractivity contribution in [3.05, 3.63) is 95.2 Å². The molecule has 5 rings (SSSR count). The second-order valence-electron chi connectivity index (χ2n) is 8.31. The molecule has 5 heteroatoms. The number of hydrogen-bond acceptors (Lipinski definition) is 4. The number of fused-ring (bicyclic) bond motifs is 1. The van der Waals surface area contributed by atoms with Gasteiger partial charge in [-0.3, -0.25) is 4.98 Å². The van der Waals surface area contributed by atoms with E-state index >= 15 is 0 Å². The van der Waals surface area contributed by atoms with Crippen LogP contribution in [0.5, 0.6) is 5.75 Å². The summed E-state index contributed by atoms with van der Waals surface area (Å²) in [5.41, 5.74) is 4.87. The Morgan fingerprint density at radius 1 is 1.06 bits per heavy atom. The van der Waals surface area contributed by atoms with E-state index in [2.05, 4.69) is 17.1 Å². The molecule has 1 saturated heterocycles. The molecule has 1 aliphatic rings. The highest BCUT2D eigenvalue weighted by atomic mass is 16.5. The molecule has 0 bridgehead atoms. The molecule has 3 heterocycles. The number of hydrogen-bond donors (Lipinski definition) is 0. The Hall–Kier alpha value is -3.44. The molecular formula is C27H26N2O3. The van der Waals surface area contributed by atoms with Crippen molar-refractivity contribution in [1.82, 2.24) is 4.98 Å². The molecule has 2 aromatic carbocycles. The lowest BCUT2D eigenvalue weighted by Crippen LogP contribution is -2.36. The molecule has 5 nitrogen and oxygen atoms in total. The van der Waals surface area contributed by atoms with Crippen LogP contribution in [0.25, 0.3) is 21.9 Å². The number of benzene rings is 2. The minimum Gasteiger partial charge on any atom is -0.618 e. The van der Waals surface area contributed by atoms with Crippen LogP contribution >= 0.6 is 0 Å². The van der Waals surface area contributed by atoms with E-state index in [0.717, 1.165) is 62.2 Å². The topological polar surface area (TPSA) is 58.3 Å². The molecule has 32 heavy (non-hydrogen) atoms. The third-order valence-electron chi connectivity index (χ3n) is 6.08. The second-order valence-corrected chi connectivity index (χ2v) is 8.31. The summed E-state index contributed by atoms with van der Waals surface area (Å²) < 4.78 is 12.6. The van der Waals surface area contributed by atoms with Gasteiger partial charge in [-0.2, -0.15) is 4.73 Å². The summed E-state index contributed by atoms with van der Waals surface area (Å²) in [5, 5.41) is 15.2. The predicted octanol–water partition coefficient (Wildman–Crippen LogP) is 5.32. The van der Waals surface area contributed by atoms with E-state index in [-0.39, 0.29) is 5.92 Å². The fourth-order valence-corrected chi connectivity index (χ4v) is 4.51. The van der Waals surface area contributed by atoms with Gasteiger partial charge in [0.1, 0.15) is 12.4 Å². The minimum atomic E-state index is 0.170. The van der Waals surface area contributed by atoms with Crippen molar-refractivity contribution in [3.8, 4) is 16.9 Å². The van der Waals surface area contributed by atoms with Gasteiger partial charge in [-0.25, -0.2) is 0 Å². The average Bonchev–Trinajstić information content (AvgIpc) is 2.83. The normalized spacial score (nSPS) is 14.5. The molecule has 0 unspecified atom stereocenters. The van der Waals surface area contributed by atoms with Crippen molar-refractivity contribution in [2.75, 3.05) is 13.2 Å². The number of rotatable bonds is 5. The quantitative estimate of drug-likeness (QED) is 0.320. The van der Waals surface area contributed by atoms with Gasteiger partial charge in [0.2, 0.25) is 5.69 Å². The van der Waals surface area contributed by atoms with E-state index in [4.69, 9.17) is 9.47 Å². The Kier molecular flexibility index (Phi) is 5.73. The van der Waals surface area contributed by atoms with Crippen molar-refractivity contribution in [2.24, 2.45) is 0 Å².